The Labute approximate surface area is 162 Å². The van der Waals surface area contributed by atoms with Crippen molar-refractivity contribution in [3.8, 4) is 5.95 Å². The molecule has 0 amide bonds. The topological polar surface area (TPSA) is 85.1 Å². The minimum absolute atomic E-state index is 0.0675. The molecular weight excluding hydrogens is 368 g/mol. The Balaban J connectivity index is 1.62. The molecule has 1 aliphatic carbocycles. The van der Waals surface area contributed by atoms with Crippen LogP contribution in [0.1, 0.15) is 49.4 Å². The molecule has 2 fully saturated rings. The maximum absolute atomic E-state index is 13.4. The second-order valence-electron chi connectivity index (χ2n) is 7.69. The highest BCUT2D eigenvalue weighted by atomic mass is 19.3. The zero-order valence-electron chi connectivity index (χ0n) is 15.8. The van der Waals surface area contributed by atoms with E-state index in [1.54, 1.807) is 16.9 Å². The van der Waals surface area contributed by atoms with Gasteiger partial charge in [0.15, 0.2) is 0 Å². The zero-order valence-corrected chi connectivity index (χ0v) is 15.8. The summed E-state index contributed by atoms with van der Waals surface area (Å²) in [5.74, 6) is -1.90. The van der Waals surface area contributed by atoms with Crippen molar-refractivity contribution in [3.63, 3.8) is 0 Å². The summed E-state index contributed by atoms with van der Waals surface area (Å²) in [5, 5.41) is 18.0. The maximum atomic E-state index is 13.4. The summed E-state index contributed by atoms with van der Waals surface area (Å²) in [6.45, 7) is 2.78. The highest BCUT2D eigenvalue weighted by Gasteiger charge is 2.35. The van der Waals surface area contributed by atoms with E-state index < -0.39 is 12.0 Å². The molecule has 0 spiro atoms. The first-order valence-corrected chi connectivity index (χ1v) is 9.71. The minimum atomic E-state index is -2.57. The first-order chi connectivity index (χ1) is 13.4. The van der Waals surface area contributed by atoms with Crippen molar-refractivity contribution in [1.29, 1.82) is 0 Å². The average molecular weight is 393 g/mol. The van der Waals surface area contributed by atoms with Crippen LogP contribution in [0.2, 0.25) is 0 Å². The number of hydrogen-bond donors (Lipinski definition) is 2. The van der Waals surface area contributed by atoms with E-state index in [0.29, 0.717) is 49.9 Å². The number of aliphatic hydroxyl groups excluding tert-OH is 1. The number of alkyl halides is 2. The van der Waals surface area contributed by atoms with Gasteiger partial charge in [-0.3, -0.25) is 0 Å². The Bertz CT molecular complexity index is 818. The largest absolute Gasteiger partial charge is 0.392 e. The number of hydrogen-bond acceptors (Lipinski definition) is 6. The Kier molecular flexibility index (Phi) is 5.29. The summed E-state index contributed by atoms with van der Waals surface area (Å²) < 4.78 is 34.0. The van der Waals surface area contributed by atoms with Crippen molar-refractivity contribution < 1.29 is 18.6 Å². The molecule has 7 nitrogen and oxygen atoms in total. The van der Waals surface area contributed by atoms with Crippen molar-refractivity contribution >= 4 is 5.82 Å². The lowest BCUT2D eigenvalue weighted by Crippen LogP contribution is -2.33. The van der Waals surface area contributed by atoms with Gasteiger partial charge in [0.1, 0.15) is 5.82 Å². The van der Waals surface area contributed by atoms with Gasteiger partial charge in [-0.2, -0.15) is 10.1 Å². The predicted molar refractivity (Wildman–Crippen MR) is 98.9 cm³/mol. The van der Waals surface area contributed by atoms with Crippen LogP contribution < -0.4 is 5.32 Å². The SMILES string of the molecule is Cc1ccn(-c2nc(NC3CCC(F)(F)CC3)cc(C3COCCC3O)n2)n1. The number of nitrogens with zero attached hydrogens (tertiary/aromatic N) is 4. The van der Waals surface area contributed by atoms with Crippen LogP contribution >= 0.6 is 0 Å². The van der Waals surface area contributed by atoms with Gasteiger partial charge in [0.2, 0.25) is 5.92 Å². The lowest BCUT2D eigenvalue weighted by Gasteiger charge is -2.30. The van der Waals surface area contributed by atoms with Gasteiger partial charge in [0, 0.05) is 37.8 Å². The fraction of sp³-hybridized carbons (Fsp3) is 0.632. The second kappa shape index (κ2) is 7.71. The molecule has 28 heavy (non-hydrogen) atoms. The summed E-state index contributed by atoms with van der Waals surface area (Å²) in [4.78, 5) is 9.13. The second-order valence-corrected chi connectivity index (χ2v) is 7.69. The van der Waals surface area contributed by atoms with Crippen LogP contribution in [0, 0.1) is 6.92 Å². The third kappa shape index (κ3) is 4.30. The van der Waals surface area contributed by atoms with E-state index in [1.807, 2.05) is 13.0 Å². The summed E-state index contributed by atoms with van der Waals surface area (Å²) in [5.41, 5.74) is 1.49. The van der Waals surface area contributed by atoms with Crippen LogP contribution in [0.15, 0.2) is 18.3 Å². The third-order valence-corrected chi connectivity index (χ3v) is 5.43. The van der Waals surface area contributed by atoms with Crippen molar-refractivity contribution in [2.75, 3.05) is 18.5 Å². The molecular formula is C19H25F2N5O2. The lowest BCUT2D eigenvalue weighted by molar-refractivity contribution is -0.0361. The van der Waals surface area contributed by atoms with Gasteiger partial charge in [-0.15, -0.1) is 0 Å². The molecule has 0 radical (unpaired) electrons. The van der Waals surface area contributed by atoms with Crippen molar-refractivity contribution in [2.45, 2.75) is 63.0 Å². The summed E-state index contributed by atoms with van der Waals surface area (Å²) in [7, 11) is 0. The van der Waals surface area contributed by atoms with Gasteiger partial charge >= 0.3 is 0 Å². The molecule has 4 rings (SSSR count). The quantitative estimate of drug-likeness (QED) is 0.831. The van der Waals surface area contributed by atoms with Gasteiger partial charge in [0.05, 0.1) is 30.0 Å². The molecule has 2 aromatic heterocycles. The predicted octanol–water partition coefficient (Wildman–Crippen LogP) is 2.83. The maximum Gasteiger partial charge on any atom is 0.252 e. The molecule has 1 saturated heterocycles. The van der Waals surface area contributed by atoms with Crippen LogP contribution in [-0.2, 0) is 4.74 Å². The van der Waals surface area contributed by atoms with Gasteiger partial charge in [-0.25, -0.2) is 18.4 Å². The number of halogens is 2. The molecule has 0 bridgehead atoms. The Morgan fingerprint density at radius 2 is 2.04 bits per heavy atom. The van der Waals surface area contributed by atoms with E-state index in [4.69, 9.17) is 4.74 Å². The molecule has 152 valence electrons. The number of anilines is 1. The highest BCUT2D eigenvalue weighted by Crippen LogP contribution is 2.34. The first-order valence-electron chi connectivity index (χ1n) is 9.71. The molecule has 2 atom stereocenters. The monoisotopic (exact) mass is 393 g/mol. The van der Waals surface area contributed by atoms with Gasteiger partial charge in [0.25, 0.3) is 5.95 Å². The summed E-state index contributed by atoms with van der Waals surface area (Å²) in [6.07, 6.45) is 2.30. The third-order valence-electron chi connectivity index (χ3n) is 5.43. The molecule has 2 aliphatic rings. The van der Waals surface area contributed by atoms with E-state index in [9.17, 15) is 13.9 Å². The standard InChI is InChI=1S/C19H25F2N5O2/c1-12-4-8-26(25-12)18-23-15(14-11-28-9-5-16(14)27)10-17(24-18)22-13-2-6-19(20,21)7-3-13/h4,8,10,13-14,16,27H,2-3,5-7,9,11H2,1H3,(H,22,23,24). The number of aliphatic hydroxyl groups is 1. The lowest BCUT2D eigenvalue weighted by atomic mass is 9.92. The molecule has 1 aliphatic heterocycles. The average Bonchev–Trinajstić information content (AvgIpc) is 3.10. The minimum Gasteiger partial charge on any atom is -0.392 e. The molecule has 3 heterocycles. The van der Waals surface area contributed by atoms with Gasteiger partial charge in [-0.1, -0.05) is 0 Å². The van der Waals surface area contributed by atoms with Crippen molar-refractivity contribution in [1.82, 2.24) is 19.7 Å². The van der Waals surface area contributed by atoms with Crippen LogP contribution in [-0.4, -0.2) is 56.1 Å². The fourth-order valence-corrected chi connectivity index (χ4v) is 3.75. The summed E-state index contributed by atoms with van der Waals surface area (Å²) in [6, 6.07) is 3.57. The Hall–Kier alpha value is -2.13. The number of aromatic nitrogens is 4. The molecule has 2 N–H and O–H groups in total. The first kappa shape index (κ1) is 19.2. The molecule has 9 heteroatoms. The number of nitrogens with one attached hydrogen (secondary N) is 1. The van der Waals surface area contributed by atoms with Crippen LogP contribution in [0.3, 0.4) is 0 Å². The highest BCUT2D eigenvalue weighted by molar-refractivity contribution is 5.41. The summed E-state index contributed by atoms with van der Waals surface area (Å²) >= 11 is 0. The number of ether oxygens (including phenoxy) is 1. The number of rotatable bonds is 4. The molecule has 2 aromatic rings. The van der Waals surface area contributed by atoms with E-state index in [2.05, 4.69) is 20.4 Å². The fourth-order valence-electron chi connectivity index (χ4n) is 3.75. The molecule has 1 saturated carbocycles. The van der Waals surface area contributed by atoms with Gasteiger partial charge < -0.3 is 15.2 Å². The smallest absolute Gasteiger partial charge is 0.252 e. The zero-order chi connectivity index (χ0) is 19.7. The van der Waals surface area contributed by atoms with Crippen molar-refractivity contribution in [2.24, 2.45) is 0 Å². The molecule has 0 aromatic carbocycles. The number of aryl methyl sites for hydroxylation is 1. The van der Waals surface area contributed by atoms with Crippen LogP contribution in [0.4, 0.5) is 14.6 Å². The Morgan fingerprint density at radius 3 is 2.71 bits per heavy atom. The normalized spacial score (nSPS) is 25.6. The van der Waals surface area contributed by atoms with Crippen LogP contribution in [0.25, 0.3) is 5.95 Å². The van der Waals surface area contributed by atoms with E-state index in [1.165, 1.54) is 0 Å². The van der Waals surface area contributed by atoms with Gasteiger partial charge in [-0.05, 0) is 32.3 Å². The van der Waals surface area contributed by atoms with Crippen LogP contribution in [0.5, 0.6) is 0 Å². The van der Waals surface area contributed by atoms with E-state index >= 15 is 0 Å². The van der Waals surface area contributed by atoms with E-state index in [0.717, 1.165) is 5.69 Å². The van der Waals surface area contributed by atoms with E-state index in [-0.39, 0.29) is 24.8 Å². The van der Waals surface area contributed by atoms with Crippen molar-refractivity contribution in [3.05, 3.63) is 29.7 Å². The molecule has 2 unspecified atom stereocenters. The Morgan fingerprint density at radius 1 is 1.25 bits per heavy atom.